The minimum atomic E-state index is -0.171. The van der Waals surface area contributed by atoms with E-state index in [1.807, 2.05) is 46.0 Å². The van der Waals surface area contributed by atoms with Gasteiger partial charge in [0.05, 0.1) is 12.0 Å². The van der Waals surface area contributed by atoms with Gasteiger partial charge in [-0.15, -0.1) is 0 Å². The van der Waals surface area contributed by atoms with Crippen molar-refractivity contribution in [1.29, 1.82) is 0 Å². The smallest absolute Gasteiger partial charge is 0.277 e. The summed E-state index contributed by atoms with van der Waals surface area (Å²) in [6, 6.07) is 5.96. The third-order valence-corrected chi connectivity index (χ3v) is 5.43. The first kappa shape index (κ1) is 18.9. The number of nitrogens with zero attached hydrogens (tertiary/aromatic N) is 4. The Kier molecular flexibility index (Phi) is 4.70. The van der Waals surface area contributed by atoms with Crippen molar-refractivity contribution >= 4 is 27.8 Å². The molecule has 0 atom stereocenters. The van der Waals surface area contributed by atoms with Crippen LogP contribution in [-0.2, 0) is 24.9 Å². The first-order valence-electron chi connectivity index (χ1n) is 9.58. The molecule has 8 nitrogen and oxygen atoms in total. The molecule has 1 aromatic carbocycles. The number of hydrogen-bond acceptors (Lipinski definition) is 4. The Morgan fingerprint density at radius 2 is 2.03 bits per heavy atom. The highest BCUT2D eigenvalue weighted by atomic mass is 16.2. The van der Waals surface area contributed by atoms with Crippen LogP contribution in [0.5, 0.6) is 0 Å². The number of carbonyl (C=O) groups excluding carboxylic acids is 1. The van der Waals surface area contributed by atoms with Crippen molar-refractivity contribution in [3.05, 3.63) is 57.4 Å². The SMILES string of the molecule is Cc1ccc2[nH]c3c(=O)n(CCC(=O)NCc4c(C)nn(C)c4C)cnc3c2c1. The molecule has 0 unspecified atom stereocenters. The lowest BCUT2D eigenvalue weighted by Crippen LogP contribution is -2.27. The highest BCUT2D eigenvalue weighted by molar-refractivity contribution is 6.04. The number of amides is 1. The van der Waals surface area contributed by atoms with Crippen molar-refractivity contribution in [2.75, 3.05) is 0 Å². The number of fused-ring (bicyclic) bond motifs is 3. The average Bonchev–Trinajstić information content (AvgIpc) is 3.17. The van der Waals surface area contributed by atoms with Crippen molar-refractivity contribution < 1.29 is 4.79 Å². The Bertz CT molecular complexity index is 1290. The van der Waals surface area contributed by atoms with Gasteiger partial charge in [-0.2, -0.15) is 5.10 Å². The van der Waals surface area contributed by atoms with Crippen LogP contribution in [0, 0.1) is 20.8 Å². The van der Waals surface area contributed by atoms with Crippen molar-refractivity contribution in [3.8, 4) is 0 Å². The topological polar surface area (TPSA) is 97.6 Å². The molecule has 3 heterocycles. The van der Waals surface area contributed by atoms with Crippen LogP contribution in [0.15, 0.2) is 29.3 Å². The van der Waals surface area contributed by atoms with Gasteiger partial charge in [-0.05, 0) is 32.9 Å². The standard InChI is InChI=1S/C21H24N6O2/c1-12-5-6-17-15(9-12)19-20(24-17)21(29)27(11-23-19)8-7-18(28)22-10-16-13(2)25-26(4)14(16)3/h5-6,9,11,24H,7-8,10H2,1-4H3,(H,22,28). The summed E-state index contributed by atoms with van der Waals surface area (Å²) in [5.74, 6) is -0.119. The van der Waals surface area contributed by atoms with Crippen LogP contribution in [0.3, 0.4) is 0 Å². The predicted octanol–water partition coefficient (Wildman–Crippen LogP) is 2.24. The minimum Gasteiger partial charge on any atom is -0.352 e. The van der Waals surface area contributed by atoms with Gasteiger partial charge < -0.3 is 10.3 Å². The molecular weight excluding hydrogens is 368 g/mol. The molecule has 150 valence electrons. The van der Waals surface area contributed by atoms with Crippen LogP contribution < -0.4 is 10.9 Å². The Morgan fingerprint density at radius 1 is 1.24 bits per heavy atom. The van der Waals surface area contributed by atoms with Gasteiger partial charge in [-0.25, -0.2) is 4.98 Å². The zero-order chi connectivity index (χ0) is 20.7. The highest BCUT2D eigenvalue weighted by Crippen LogP contribution is 2.22. The predicted molar refractivity (Wildman–Crippen MR) is 112 cm³/mol. The highest BCUT2D eigenvalue weighted by Gasteiger charge is 2.13. The molecule has 8 heteroatoms. The van der Waals surface area contributed by atoms with E-state index in [9.17, 15) is 9.59 Å². The Morgan fingerprint density at radius 3 is 2.76 bits per heavy atom. The number of aryl methyl sites for hydroxylation is 4. The molecule has 4 aromatic rings. The van der Waals surface area contributed by atoms with Crippen molar-refractivity contribution in [3.63, 3.8) is 0 Å². The van der Waals surface area contributed by atoms with E-state index < -0.39 is 0 Å². The molecule has 0 saturated carbocycles. The molecule has 0 radical (unpaired) electrons. The molecule has 0 aliphatic carbocycles. The van der Waals surface area contributed by atoms with E-state index in [1.165, 1.54) is 10.9 Å². The van der Waals surface area contributed by atoms with E-state index in [0.717, 1.165) is 33.4 Å². The van der Waals surface area contributed by atoms with Crippen LogP contribution in [0.4, 0.5) is 0 Å². The molecule has 2 N–H and O–H groups in total. The molecule has 1 amide bonds. The fourth-order valence-electron chi connectivity index (χ4n) is 3.63. The quantitative estimate of drug-likeness (QED) is 0.544. The fraction of sp³-hybridized carbons (Fsp3) is 0.333. The fourth-order valence-corrected chi connectivity index (χ4v) is 3.63. The Labute approximate surface area is 167 Å². The molecule has 0 bridgehead atoms. The minimum absolute atomic E-state index is 0.119. The number of aromatic nitrogens is 5. The molecule has 0 saturated heterocycles. The molecule has 29 heavy (non-hydrogen) atoms. The summed E-state index contributed by atoms with van der Waals surface area (Å²) in [7, 11) is 1.88. The van der Waals surface area contributed by atoms with E-state index in [-0.39, 0.29) is 24.4 Å². The van der Waals surface area contributed by atoms with Gasteiger partial charge >= 0.3 is 0 Å². The number of nitrogens with one attached hydrogen (secondary N) is 2. The first-order chi connectivity index (χ1) is 13.8. The molecule has 0 aliphatic heterocycles. The largest absolute Gasteiger partial charge is 0.352 e. The summed E-state index contributed by atoms with van der Waals surface area (Å²) in [6.07, 6.45) is 1.72. The zero-order valence-electron chi connectivity index (χ0n) is 17.0. The lowest BCUT2D eigenvalue weighted by molar-refractivity contribution is -0.121. The molecule has 3 aromatic heterocycles. The normalized spacial score (nSPS) is 11.4. The van der Waals surface area contributed by atoms with Gasteiger partial charge in [0, 0.05) is 48.7 Å². The molecular formula is C21H24N6O2. The lowest BCUT2D eigenvalue weighted by atomic mass is 10.2. The van der Waals surface area contributed by atoms with Gasteiger partial charge in [0.15, 0.2) is 0 Å². The number of H-pyrrole nitrogens is 1. The van der Waals surface area contributed by atoms with Crippen molar-refractivity contribution in [1.82, 2.24) is 29.6 Å². The third-order valence-electron chi connectivity index (χ3n) is 5.43. The van der Waals surface area contributed by atoms with Gasteiger partial charge in [0.2, 0.25) is 5.91 Å². The maximum Gasteiger partial charge on any atom is 0.277 e. The van der Waals surface area contributed by atoms with Crippen LogP contribution in [-0.4, -0.2) is 30.2 Å². The monoisotopic (exact) mass is 392 g/mol. The first-order valence-corrected chi connectivity index (χ1v) is 9.58. The second-order valence-electron chi connectivity index (χ2n) is 7.44. The van der Waals surface area contributed by atoms with Crippen molar-refractivity contribution in [2.45, 2.75) is 40.3 Å². The summed E-state index contributed by atoms with van der Waals surface area (Å²) in [6.45, 7) is 6.61. The number of carbonyl (C=O) groups is 1. The summed E-state index contributed by atoms with van der Waals surface area (Å²) in [4.78, 5) is 32.7. The Hall–Kier alpha value is -3.42. The number of rotatable bonds is 5. The van der Waals surface area contributed by atoms with Crippen LogP contribution in [0.1, 0.15) is 28.9 Å². The molecule has 4 rings (SSSR count). The second kappa shape index (κ2) is 7.20. The van der Waals surface area contributed by atoms with E-state index in [1.54, 1.807) is 4.68 Å². The van der Waals surface area contributed by atoms with E-state index in [0.29, 0.717) is 17.6 Å². The van der Waals surface area contributed by atoms with Gasteiger partial charge in [-0.1, -0.05) is 11.6 Å². The van der Waals surface area contributed by atoms with E-state index in [2.05, 4.69) is 20.4 Å². The van der Waals surface area contributed by atoms with Crippen LogP contribution in [0.2, 0.25) is 0 Å². The summed E-state index contributed by atoms with van der Waals surface area (Å²) < 4.78 is 3.28. The molecule has 0 aliphatic rings. The second-order valence-corrected chi connectivity index (χ2v) is 7.44. The van der Waals surface area contributed by atoms with E-state index in [4.69, 9.17) is 0 Å². The molecule has 0 fully saturated rings. The number of aromatic amines is 1. The van der Waals surface area contributed by atoms with Crippen LogP contribution >= 0.6 is 0 Å². The van der Waals surface area contributed by atoms with Gasteiger partial charge in [0.1, 0.15) is 11.0 Å². The molecule has 0 spiro atoms. The zero-order valence-corrected chi connectivity index (χ0v) is 17.0. The Balaban J connectivity index is 1.48. The van der Waals surface area contributed by atoms with Crippen LogP contribution in [0.25, 0.3) is 21.9 Å². The third kappa shape index (κ3) is 3.41. The maximum absolute atomic E-state index is 12.8. The maximum atomic E-state index is 12.8. The lowest BCUT2D eigenvalue weighted by Gasteiger charge is -2.07. The number of hydrogen-bond donors (Lipinski definition) is 2. The summed E-state index contributed by atoms with van der Waals surface area (Å²) in [5, 5.41) is 8.20. The van der Waals surface area contributed by atoms with Gasteiger partial charge in [-0.3, -0.25) is 18.8 Å². The summed E-state index contributed by atoms with van der Waals surface area (Å²) >= 11 is 0. The number of benzene rings is 1. The van der Waals surface area contributed by atoms with Gasteiger partial charge in [0.25, 0.3) is 5.56 Å². The summed E-state index contributed by atoms with van der Waals surface area (Å²) in [5.41, 5.74) is 5.91. The average molecular weight is 392 g/mol. The van der Waals surface area contributed by atoms with E-state index >= 15 is 0 Å². The van der Waals surface area contributed by atoms with Crippen molar-refractivity contribution in [2.24, 2.45) is 7.05 Å².